The number of nitrogens with zero attached hydrogens (tertiary/aromatic N) is 1. The fourth-order valence-corrected chi connectivity index (χ4v) is 2.17. The van der Waals surface area contributed by atoms with Gasteiger partial charge in [-0.05, 0) is 26.2 Å². The number of morpholine rings is 1. The van der Waals surface area contributed by atoms with Gasteiger partial charge in [0.2, 0.25) is 5.91 Å². The van der Waals surface area contributed by atoms with Crippen molar-refractivity contribution in [2.75, 3.05) is 13.1 Å². The minimum atomic E-state index is -1.10. The van der Waals surface area contributed by atoms with Crippen LogP contribution in [0.5, 0.6) is 0 Å². The Kier molecular flexibility index (Phi) is 4.93. The zero-order valence-corrected chi connectivity index (χ0v) is 10.6. The number of hydrogen-bond donors (Lipinski definition) is 0. The van der Waals surface area contributed by atoms with E-state index in [1.54, 1.807) is 11.8 Å². The van der Waals surface area contributed by atoms with Crippen molar-refractivity contribution in [2.24, 2.45) is 5.92 Å². The summed E-state index contributed by atoms with van der Waals surface area (Å²) in [5.74, 6) is -1.28. The summed E-state index contributed by atoms with van der Waals surface area (Å²) in [5, 5.41) is 10.4. The van der Waals surface area contributed by atoms with Crippen LogP contribution in [0.2, 0.25) is 0 Å². The normalized spacial score (nSPS) is 26.6. The molecule has 1 aliphatic rings. The van der Waals surface area contributed by atoms with E-state index < -0.39 is 5.97 Å². The molecule has 1 fully saturated rings. The highest BCUT2D eigenvalue weighted by atomic mass is 16.5. The number of hydrogen-bond acceptors (Lipinski definition) is 4. The number of carboxylic acids is 1. The number of carbonyl (C=O) groups excluding carboxylic acids is 2. The average molecular weight is 242 g/mol. The van der Waals surface area contributed by atoms with Gasteiger partial charge in [0.25, 0.3) is 0 Å². The zero-order chi connectivity index (χ0) is 13.0. The van der Waals surface area contributed by atoms with Gasteiger partial charge in [-0.1, -0.05) is 6.92 Å². The summed E-state index contributed by atoms with van der Waals surface area (Å²) < 4.78 is 5.54. The molecule has 98 valence electrons. The average Bonchev–Trinajstić information content (AvgIpc) is 2.14. The van der Waals surface area contributed by atoms with Crippen LogP contribution in [0.25, 0.3) is 0 Å². The van der Waals surface area contributed by atoms with Crippen molar-refractivity contribution in [1.82, 2.24) is 4.90 Å². The van der Waals surface area contributed by atoms with Crippen LogP contribution in [0.1, 0.15) is 33.6 Å². The van der Waals surface area contributed by atoms with Gasteiger partial charge in [0.05, 0.1) is 12.2 Å². The molecule has 1 amide bonds. The molecule has 0 aromatic heterocycles. The number of amides is 1. The predicted molar refractivity (Wildman–Crippen MR) is 60.0 cm³/mol. The quantitative estimate of drug-likeness (QED) is 0.684. The fourth-order valence-electron chi connectivity index (χ4n) is 2.17. The third-order valence-electron chi connectivity index (χ3n) is 2.81. The highest BCUT2D eigenvalue weighted by Gasteiger charge is 2.26. The largest absolute Gasteiger partial charge is 0.550 e. The first-order chi connectivity index (χ1) is 7.88. The summed E-state index contributed by atoms with van der Waals surface area (Å²) in [7, 11) is 0. The van der Waals surface area contributed by atoms with Gasteiger partial charge in [0, 0.05) is 25.5 Å². The maximum absolute atomic E-state index is 11.9. The minimum absolute atomic E-state index is 0.000694. The Morgan fingerprint density at radius 2 is 1.82 bits per heavy atom. The Labute approximate surface area is 102 Å². The molecule has 0 aromatic carbocycles. The first-order valence-electron chi connectivity index (χ1n) is 6.01. The van der Waals surface area contributed by atoms with Gasteiger partial charge < -0.3 is 19.5 Å². The highest BCUT2D eigenvalue weighted by molar-refractivity contribution is 5.77. The highest BCUT2D eigenvalue weighted by Crippen LogP contribution is 2.15. The second kappa shape index (κ2) is 6.00. The molecule has 1 heterocycles. The van der Waals surface area contributed by atoms with Crippen molar-refractivity contribution in [3.05, 3.63) is 0 Å². The lowest BCUT2D eigenvalue weighted by Crippen LogP contribution is -2.48. The molecule has 0 saturated carbocycles. The van der Waals surface area contributed by atoms with Crippen molar-refractivity contribution in [2.45, 2.75) is 45.8 Å². The van der Waals surface area contributed by atoms with Gasteiger partial charge in [-0.25, -0.2) is 0 Å². The molecule has 0 N–H and O–H groups in total. The molecule has 3 atom stereocenters. The van der Waals surface area contributed by atoms with Gasteiger partial charge in [-0.3, -0.25) is 4.79 Å². The van der Waals surface area contributed by atoms with Crippen molar-refractivity contribution in [3.63, 3.8) is 0 Å². The van der Waals surface area contributed by atoms with E-state index in [1.807, 2.05) is 13.8 Å². The Morgan fingerprint density at radius 1 is 1.29 bits per heavy atom. The molecule has 0 aromatic rings. The van der Waals surface area contributed by atoms with E-state index in [0.717, 1.165) is 0 Å². The molecule has 1 saturated heterocycles. The van der Waals surface area contributed by atoms with Gasteiger partial charge in [0.15, 0.2) is 0 Å². The van der Waals surface area contributed by atoms with Gasteiger partial charge in [0.1, 0.15) is 0 Å². The summed E-state index contributed by atoms with van der Waals surface area (Å²) in [4.78, 5) is 24.1. The first-order valence-corrected chi connectivity index (χ1v) is 6.01. The Hall–Kier alpha value is -1.10. The van der Waals surface area contributed by atoms with E-state index in [9.17, 15) is 14.7 Å². The molecule has 1 rings (SSSR count). The van der Waals surface area contributed by atoms with Crippen molar-refractivity contribution < 1.29 is 19.4 Å². The van der Waals surface area contributed by atoms with Crippen molar-refractivity contribution >= 4 is 11.9 Å². The summed E-state index contributed by atoms with van der Waals surface area (Å²) in [5.41, 5.74) is 0. The van der Waals surface area contributed by atoms with E-state index in [4.69, 9.17) is 4.74 Å². The van der Waals surface area contributed by atoms with E-state index >= 15 is 0 Å². The maximum atomic E-state index is 11.9. The molecule has 5 nitrogen and oxygen atoms in total. The second-order valence-electron chi connectivity index (χ2n) is 4.94. The summed E-state index contributed by atoms with van der Waals surface area (Å²) in [6.07, 6.45) is 0.271. The fraction of sp³-hybridized carbons (Fsp3) is 0.833. The number of ether oxygens (including phenoxy) is 1. The first kappa shape index (κ1) is 14.0. The number of rotatable bonds is 4. The minimum Gasteiger partial charge on any atom is -0.550 e. The van der Waals surface area contributed by atoms with E-state index in [0.29, 0.717) is 13.1 Å². The molecule has 5 heteroatoms. The molecule has 0 bridgehead atoms. The molecule has 1 aliphatic heterocycles. The van der Waals surface area contributed by atoms with Crippen molar-refractivity contribution in [3.8, 4) is 0 Å². The SMILES string of the molecule is C[C@@H](CC(=O)[O-])CC(=O)N1C[C@@H](C)O[C@H](C)C1. The Balaban J connectivity index is 2.43. The maximum Gasteiger partial charge on any atom is 0.223 e. The molecule has 0 aliphatic carbocycles. The standard InChI is InChI=1S/C12H21NO4/c1-8(5-12(15)16)4-11(14)13-6-9(2)17-10(3)7-13/h8-10H,4-7H2,1-3H3,(H,15,16)/p-1/t8-,9-,10-/m1/s1. The van der Waals surface area contributed by atoms with Crippen LogP contribution in [0.4, 0.5) is 0 Å². The van der Waals surface area contributed by atoms with Gasteiger partial charge in [-0.15, -0.1) is 0 Å². The Morgan fingerprint density at radius 3 is 2.29 bits per heavy atom. The smallest absolute Gasteiger partial charge is 0.223 e. The van der Waals surface area contributed by atoms with Crippen LogP contribution >= 0.6 is 0 Å². The van der Waals surface area contributed by atoms with Crippen LogP contribution in [0.15, 0.2) is 0 Å². The zero-order valence-electron chi connectivity index (χ0n) is 10.6. The molecule has 0 radical (unpaired) electrons. The molecule has 0 spiro atoms. The van der Waals surface area contributed by atoms with Crippen LogP contribution in [0, 0.1) is 5.92 Å². The van der Waals surface area contributed by atoms with E-state index in [-0.39, 0.29) is 36.9 Å². The number of carboxylic acid groups (broad SMARTS) is 1. The second-order valence-corrected chi connectivity index (χ2v) is 4.94. The van der Waals surface area contributed by atoms with E-state index in [2.05, 4.69) is 0 Å². The van der Waals surface area contributed by atoms with Crippen LogP contribution < -0.4 is 5.11 Å². The van der Waals surface area contributed by atoms with Crippen LogP contribution in [0.3, 0.4) is 0 Å². The monoisotopic (exact) mass is 242 g/mol. The van der Waals surface area contributed by atoms with Gasteiger partial charge >= 0.3 is 0 Å². The van der Waals surface area contributed by atoms with Crippen LogP contribution in [-0.2, 0) is 14.3 Å². The molecular weight excluding hydrogens is 222 g/mol. The third-order valence-corrected chi connectivity index (χ3v) is 2.81. The number of carbonyl (C=O) groups is 2. The lowest BCUT2D eigenvalue weighted by molar-refractivity contribution is -0.306. The summed E-state index contributed by atoms with van der Waals surface area (Å²) in [6.45, 7) is 6.78. The van der Waals surface area contributed by atoms with E-state index in [1.165, 1.54) is 0 Å². The molecule has 17 heavy (non-hydrogen) atoms. The summed E-state index contributed by atoms with van der Waals surface area (Å²) in [6, 6.07) is 0. The third kappa shape index (κ3) is 4.73. The lowest BCUT2D eigenvalue weighted by atomic mass is 10.0. The molecular formula is C12H20NO4-. The summed E-state index contributed by atoms with van der Waals surface area (Å²) >= 11 is 0. The number of aliphatic carboxylic acids is 1. The lowest BCUT2D eigenvalue weighted by Gasteiger charge is -2.35. The molecule has 0 unspecified atom stereocenters. The predicted octanol–water partition coefficient (Wildman–Crippen LogP) is -0.212. The topological polar surface area (TPSA) is 69.7 Å². The Bertz CT molecular complexity index is 282. The van der Waals surface area contributed by atoms with Crippen molar-refractivity contribution in [1.29, 1.82) is 0 Å². The van der Waals surface area contributed by atoms with Gasteiger partial charge in [-0.2, -0.15) is 0 Å². The van der Waals surface area contributed by atoms with Crippen LogP contribution in [-0.4, -0.2) is 42.1 Å².